The number of nitrogens with zero attached hydrogens (tertiary/aromatic N) is 2. The third-order valence-corrected chi connectivity index (χ3v) is 4.88. The van der Waals surface area contributed by atoms with Crippen molar-refractivity contribution in [2.24, 2.45) is 4.99 Å². The van der Waals surface area contributed by atoms with Crippen molar-refractivity contribution in [2.75, 3.05) is 32.9 Å². The van der Waals surface area contributed by atoms with Crippen LogP contribution in [0.15, 0.2) is 29.3 Å². The fourth-order valence-corrected chi connectivity index (χ4v) is 3.06. The molecule has 0 unspecified atom stereocenters. The van der Waals surface area contributed by atoms with E-state index in [1.807, 2.05) is 6.92 Å². The van der Waals surface area contributed by atoms with Gasteiger partial charge in [0.2, 0.25) is 10.0 Å². The molecule has 6 nitrogen and oxygen atoms in total. The van der Waals surface area contributed by atoms with Gasteiger partial charge >= 0.3 is 0 Å². The Labute approximate surface area is 140 Å². The standard InChI is InChI=1S/C16H28N4O2S/c1-5-20(23(4,21)22)12-6-11-18-16(17-3)19-13-15-9-7-14(2)8-10-15/h7-10H,5-6,11-13H2,1-4H3,(H2,17,18,19). The van der Waals surface area contributed by atoms with Crippen molar-refractivity contribution in [3.05, 3.63) is 35.4 Å². The van der Waals surface area contributed by atoms with E-state index in [9.17, 15) is 8.42 Å². The molecule has 0 aromatic heterocycles. The second kappa shape index (κ2) is 9.52. The highest BCUT2D eigenvalue weighted by Crippen LogP contribution is 2.02. The van der Waals surface area contributed by atoms with E-state index < -0.39 is 10.0 Å². The van der Waals surface area contributed by atoms with E-state index in [4.69, 9.17) is 0 Å². The van der Waals surface area contributed by atoms with E-state index in [0.717, 1.165) is 6.42 Å². The van der Waals surface area contributed by atoms with Crippen LogP contribution in [-0.4, -0.2) is 51.6 Å². The molecule has 0 saturated heterocycles. The summed E-state index contributed by atoms with van der Waals surface area (Å²) in [6.07, 6.45) is 1.97. The van der Waals surface area contributed by atoms with Crippen molar-refractivity contribution in [1.29, 1.82) is 0 Å². The third-order valence-electron chi connectivity index (χ3n) is 3.50. The Balaban J connectivity index is 2.33. The minimum atomic E-state index is -3.11. The maximum Gasteiger partial charge on any atom is 0.211 e. The molecule has 23 heavy (non-hydrogen) atoms. The third kappa shape index (κ3) is 7.47. The molecular formula is C16H28N4O2S. The summed E-state index contributed by atoms with van der Waals surface area (Å²) in [6.45, 7) is 6.28. The van der Waals surface area contributed by atoms with Crippen molar-refractivity contribution in [1.82, 2.24) is 14.9 Å². The van der Waals surface area contributed by atoms with Crippen LogP contribution in [0.1, 0.15) is 24.5 Å². The van der Waals surface area contributed by atoms with Gasteiger partial charge in [0.1, 0.15) is 0 Å². The van der Waals surface area contributed by atoms with Gasteiger partial charge in [-0.2, -0.15) is 0 Å². The number of rotatable bonds is 8. The van der Waals surface area contributed by atoms with Crippen molar-refractivity contribution in [3.8, 4) is 0 Å². The summed E-state index contributed by atoms with van der Waals surface area (Å²) < 4.78 is 24.5. The van der Waals surface area contributed by atoms with Crippen LogP contribution in [-0.2, 0) is 16.6 Å². The molecule has 0 fully saturated rings. The molecule has 1 rings (SSSR count). The van der Waals surface area contributed by atoms with Gasteiger partial charge < -0.3 is 10.6 Å². The summed E-state index contributed by atoms with van der Waals surface area (Å²) >= 11 is 0. The summed E-state index contributed by atoms with van der Waals surface area (Å²) in [5, 5.41) is 6.44. The van der Waals surface area contributed by atoms with Gasteiger partial charge in [0.25, 0.3) is 0 Å². The number of guanidine groups is 1. The Bertz CT molecular complexity index is 597. The van der Waals surface area contributed by atoms with Gasteiger partial charge in [-0.05, 0) is 18.9 Å². The molecule has 1 aromatic carbocycles. The lowest BCUT2D eigenvalue weighted by Gasteiger charge is -2.18. The number of hydrogen-bond acceptors (Lipinski definition) is 3. The quantitative estimate of drug-likeness (QED) is 0.425. The fraction of sp³-hybridized carbons (Fsp3) is 0.562. The molecule has 0 atom stereocenters. The van der Waals surface area contributed by atoms with Crippen LogP contribution >= 0.6 is 0 Å². The predicted molar refractivity (Wildman–Crippen MR) is 96.1 cm³/mol. The van der Waals surface area contributed by atoms with Crippen molar-refractivity contribution in [3.63, 3.8) is 0 Å². The van der Waals surface area contributed by atoms with Gasteiger partial charge in [-0.25, -0.2) is 12.7 Å². The Morgan fingerprint density at radius 3 is 2.39 bits per heavy atom. The molecule has 0 saturated carbocycles. The number of aliphatic imine (C=N–C) groups is 1. The maximum atomic E-state index is 11.5. The van der Waals surface area contributed by atoms with E-state index >= 15 is 0 Å². The Morgan fingerprint density at radius 2 is 1.87 bits per heavy atom. The smallest absolute Gasteiger partial charge is 0.211 e. The van der Waals surface area contributed by atoms with Crippen LogP contribution < -0.4 is 10.6 Å². The van der Waals surface area contributed by atoms with Gasteiger partial charge in [0.05, 0.1) is 6.26 Å². The first-order valence-electron chi connectivity index (χ1n) is 7.82. The minimum Gasteiger partial charge on any atom is -0.356 e. The number of sulfonamides is 1. The molecule has 0 amide bonds. The number of aryl methyl sites for hydroxylation is 1. The Hall–Kier alpha value is -1.60. The highest BCUT2D eigenvalue weighted by molar-refractivity contribution is 7.88. The van der Waals surface area contributed by atoms with Gasteiger partial charge in [-0.3, -0.25) is 4.99 Å². The first kappa shape index (κ1) is 19.4. The first-order valence-corrected chi connectivity index (χ1v) is 9.66. The minimum absolute atomic E-state index is 0.499. The molecule has 0 bridgehead atoms. The lowest BCUT2D eigenvalue weighted by atomic mass is 10.1. The van der Waals surface area contributed by atoms with E-state index in [-0.39, 0.29) is 0 Å². The van der Waals surface area contributed by atoms with Gasteiger partial charge in [0.15, 0.2) is 5.96 Å². The molecular weight excluding hydrogens is 312 g/mol. The molecule has 0 heterocycles. The number of hydrogen-bond donors (Lipinski definition) is 2. The van der Waals surface area contributed by atoms with E-state index in [2.05, 4.69) is 46.8 Å². The molecule has 0 radical (unpaired) electrons. The van der Waals surface area contributed by atoms with Crippen LogP contribution in [0.5, 0.6) is 0 Å². The van der Waals surface area contributed by atoms with Crippen LogP contribution in [0.2, 0.25) is 0 Å². The fourth-order valence-electron chi connectivity index (χ4n) is 2.13. The van der Waals surface area contributed by atoms with E-state index in [0.29, 0.717) is 32.1 Å². The monoisotopic (exact) mass is 340 g/mol. The Morgan fingerprint density at radius 1 is 1.22 bits per heavy atom. The largest absolute Gasteiger partial charge is 0.356 e. The molecule has 2 N–H and O–H groups in total. The van der Waals surface area contributed by atoms with Crippen molar-refractivity contribution >= 4 is 16.0 Å². The summed E-state index contributed by atoms with van der Waals surface area (Å²) in [6, 6.07) is 8.33. The zero-order valence-electron chi connectivity index (χ0n) is 14.5. The second-order valence-electron chi connectivity index (χ2n) is 5.45. The highest BCUT2D eigenvalue weighted by atomic mass is 32.2. The summed E-state index contributed by atoms with van der Waals surface area (Å²) in [5.74, 6) is 0.716. The molecule has 0 aliphatic rings. The average Bonchev–Trinajstić information content (AvgIpc) is 2.50. The summed E-state index contributed by atoms with van der Waals surface area (Å²) in [5.41, 5.74) is 2.43. The van der Waals surface area contributed by atoms with Gasteiger partial charge in [0, 0.05) is 33.2 Å². The molecule has 130 valence electrons. The van der Waals surface area contributed by atoms with Crippen molar-refractivity contribution in [2.45, 2.75) is 26.8 Å². The molecule has 1 aromatic rings. The first-order chi connectivity index (χ1) is 10.9. The van der Waals surface area contributed by atoms with Crippen LogP contribution in [0, 0.1) is 6.92 Å². The second-order valence-corrected chi connectivity index (χ2v) is 7.43. The van der Waals surface area contributed by atoms with Crippen molar-refractivity contribution < 1.29 is 8.42 Å². The summed E-state index contributed by atoms with van der Waals surface area (Å²) in [4.78, 5) is 4.17. The lowest BCUT2D eigenvalue weighted by Crippen LogP contribution is -2.39. The van der Waals surface area contributed by atoms with Crippen LogP contribution in [0.3, 0.4) is 0 Å². The number of nitrogens with one attached hydrogen (secondary N) is 2. The zero-order valence-corrected chi connectivity index (χ0v) is 15.3. The predicted octanol–water partition coefficient (Wildman–Crippen LogP) is 1.33. The molecule has 0 aliphatic carbocycles. The number of benzene rings is 1. The van der Waals surface area contributed by atoms with E-state index in [1.165, 1.54) is 21.7 Å². The van der Waals surface area contributed by atoms with Gasteiger partial charge in [-0.1, -0.05) is 36.8 Å². The van der Waals surface area contributed by atoms with Gasteiger partial charge in [-0.15, -0.1) is 0 Å². The maximum absolute atomic E-state index is 11.5. The topological polar surface area (TPSA) is 73.8 Å². The zero-order chi connectivity index (χ0) is 17.3. The Kier molecular flexibility index (Phi) is 8.05. The highest BCUT2D eigenvalue weighted by Gasteiger charge is 2.13. The molecule has 0 spiro atoms. The lowest BCUT2D eigenvalue weighted by molar-refractivity contribution is 0.424. The average molecular weight is 340 g/mol. The molecule has 7 heteroatoms. The van der Waals surface area contributed by atoms with Crippen LogP contribution in [0.4, 0.5) is 0 Å². The summed E-state index contributed by atoms with van der Waals surface area (Å²) in [7, 11) is -1.39. The molecule has 0 aliphatic heterocycles. The van der Waals surface area contributed by atoms with Crippen LogP contribution in [0.25, 0.3) is 0 Å². The SMILES string of the molecule is CCN(CCCNC(=NC)NCc1ccc(C)cc1)S(C)(=O)=O. The normalized spacial score (nSPS) is 12.5. The van der Waals surface area contributed by atoms with E-state index in [1.54, 1.807) is 7.05 Å².